The zero-order chi connectivity index (χ0) is 29.3. The van der Waals surface area contributed by atoms with E-state index in [0.717, 1.165) is 73.0 Å². The molecule has 226 valence electrons. The quantitative estimate of drug-likeness (QED) is 0.240. The molecular formula is C33H44FN5O3. The van der Waals surface area contributed by atoms with Gasteiger partial charge in [0, 0.05) is 35.7 Å². The van der Waals surface area contributed by atoms with Gasteiger partial charge in [-0.1, -0.05) is 30.7 Å². The Kier molecular flexibility index (Phi) is 8.50. The standard InChI is InChI=1S/C33H44FN5O3/c1-33(2,3)42-32(40)30(27-11-6-8-23-18-36-39(29(23)27)26-20-41-21-26)38-17-15-24(19-38)28(34)12-5-4-10-25-14-13-22-9-7-16-35-31(22)37-25/h6,8,11,13-14,18,24,26,28,30H,4-5,7,9-10,12,15-17,19-21H2,1-3H3,(H,35,37). The Morgan fingerprint density at radius 2 is 2.07 bits per heavy atom. The number of esters is 1. The normalized spacial score (nSPS) is 21.0. The number of aromatic nitrogens is 3. The molecule has 8 nitrogen and oxygen atoms in total. The Balaban J connectivity index is 1.12. The molecule has 42 heavy (non-hydrogen) atoms. The second kappa shape index (κ2) is 12.3. The predicted octanol–water partition coefficient (Wildman–Crippen LogP) is 5.82. The summed E-state index contributed by atoms with van der Waals surface area (Å²) in [6, 6.07) is 9.83. The number of rotatable bonds is 10. The molecule has 0 spiro atoms. The fraction of sp³-hybridized carbons (Fsp3) is 0.606. The first-order valence-corrected chi connectivity index (χ1v) is 15.6. The highest BCUT2D eigenvalue weighted by atomic mass is 19.1. The third-order valence-electron chi connectivity index (χ3n) is 8.79. The number of carbonyl (C=O) groups is 1. The minimum Gasteiger partial charge on any atom is -0.459 e. The van der Waals surface area contributed by atoms with Gasteiger partial charge in [-0.2, -0.15) is 5.10 Å². The molecule has 2 saturated heterocycles. The minimum atomic E-state index is -0.902. The van der Waals surface area contributed by atoms with Gasteiger partial charge in [-0.3, -0.25) is 9.58 Å². The van der Waals surface area contributed by atoms with E-state index in [1.54, 1.807) is 0 Å². The van der Waals surface area contributed by atoms with Crippen molar-refractivity contribution < 1.29 is 18.7 Å². The smallest absolute Gasteiger partial charge is 0.328 e. The van der Waals surface area contributed by atoms with Gasteiger partial charge in [0.05, 0.1) is 31.0 Å². The SMILES string of the molecule is CC(C)(C)OC(=O)C(c1cccc2cnn(C3COC3)c12)N1CCC(C(F)CCCCc2ccc3c(n2)NCCC3)C1. The van der Waals surface area contributed by atoms with Crippen molar-refractivity contribution >= 4 is 22.7 Å². The molecule has 3 aliphatic heterocycles. The number of pyridine rings is 1. The van der Waals surface area contributed by atoms with Crippen LogP contribution in [0.2, 0.25) is 0 Å². The average molecular weight is 578 g/mol. The summed E-state index contributed by atoms with van der Waals surface area (Å²) in [6.07, 6.45) is 7.04. The second-order valence-corrected chi connectivity index (χ2v) is 13.1. The van der Waals surface area contributed by atoms with E-state index in [2.05, 4.69) is 27.4 Å². The van der Waals surface area contributed by atoms with Gasteiger partial charge in [0.2, 0.25) is 0 Å². The van der Waals surface area contributed by atoms with Crippen molar-refractivity contribution in [3.63, 3.8) is 0 Å². The molecule has 9 heteroatoms. The number of aryl methyl sites for hydroxylation is 2. The Bertz CT molecular complexity index is 1400. The molecule has 3 aliphatic rings. The number of hydrogen-bond donors (Lipinski definition) is 1. The Morgan fingerprint density at radius 3 is 2.86 bits per heavy atom. The first-order chi connectivity index (χ1) is 20.3. The van der Waals surface area contributed by atoms with E-state index in [-0.39, 0.29) is 17.9 Å². The van der Waals surface area contributed by atoms with Crippen LogP contribution in [-0.2, 0) is 27.1 Å². The van der Waals surface area contributed by atoms with Crippen molar-refractivity contribution in [1.29, 1.82) is 0 Å². The van der Waals surface area contributed by atoms with Crippen LogP contribution in [0.3, 0.4) is 0 Å². The number of fused-ring (bicyclic) bond motifs is 2. The summed E-state index contributed by atoms with van der Waals surface area (Å²) < 4.78 is 29.0. The summed E-state index contributed by atoms with van der Waals surface area (Å²) in [6.45, 7) is 9.04. The van der Waals surface area contributed by atoms with Crippen LogP contribution in [0.5, 0.6) is 0 Å². The highest BCUT2D eigenvalue weighted by molar-refractivity contribution is 5.89. The molecule has 3 atom stereocenters. The van der Waals surface area contributed by atoms with Crippen LogP contribution in [0.1, 0.15) is 81.8 Å². The maximum atomic E-state index is 15.6. The van der Waals surface area contributed by atoms with Crippen LogP contribution in [0.15, 0.2) is 36.5 Å². The molecule has 2 fully saturated rings. The van der Waals surface area contributed by atoms with Gasteiger partial charge in [-0.05, 0) is 77.5 Å². The van der Waals surface area contributed by atoms with Crippen molar-refractivity contribution in [2.75, 3.05) is 38.2 Å². The fourth-order valence-corrected chi connectivity index (χ4v) is 6.56. The van der Waals surface area contributed by atoms with Crippen LogP contribution >= 0.6 is 0 Å². The molecule has 1 N–H and O–H groups in total. The lowest BCUT2D eigenvalue weighted by Crippen LogP contribution is -2.38. The molecule has 0 bridgehead atoms. The number of benzene rings is 1. The Labute approximate surface area is 248 Å². The number of nitrogens with zero attached hydrogens (tertiary/aromatic N) is 4. The minimum absolute atomic E-state index is 0.106. The third kappa shape index (κ3) is 6.32. The number of halogens is 1. The first-order valence-electron chi connectivity index (χ1n) is 15.6. The van der Waals surface area contributed by atoms with Crippen LogP contribution in [-0.4, -0.2) is 70.3 Å². The van der Waals surface area contributed by atoms with E-state index in [4.69, 9.17) is 14.5 Å². The Hall–Kier alpha value is -3.04. The lowest BCUT2D eigenvalue weighted by molar-refractivity contribution is -0.161. The van der Waals surface area contributed by atoms with Crippen molar-refractivity contribution in [2.45, 2.75) is 89.6 Å². The van der Waals surface area contributed by atoms with Gasteiger partial charge in [0.15, 0.2) is 0 Å². The molecule has 2 aromatic heterocycles. The molecule has 6 rings (SSSR count). The largest absolute Gasteiger partial charge is 0.459 e. The summed E-state index contributed by atoms with van der Waals surface area (Å²) in [5, 5.41) is 9.03. The van der Waals surface area contributed by atoms with E-state index >= 15 is 4.39 Å². The number of ether oxygens (including phenoxy) is 2. The zero-order valence-corrected chi connectivity index (χ0v) is 25.2. The summed E-state index contributed by atoms with van der Waals surface area (Å²) in [5.74, 6) is 0.619. The molecule has 3 aromatic rings. The number of hydrogen-bond acceptors (Lipinski definition) is 7. The number of anilines is 1. The Morgan fingerprint density at radius 1 is 1.21 bits per heavy atom. The summed E-state index contributed by atoms with van der Waals surface area (Å²) in [5.41, 5.74) is 3.55. The number of nitrogens with one attached hydrogen (secondary N) is 1. The van der Waals surface area contributed by atoms with Gasteiger partial charge >= 0.3 is 5.97 Å². The van der Waals surface area contributed by atoms with Crippen molar-refractivity contribution in [3.8, 4) is 0 Å². The maximum Gasteiger partial charge on any atom is 0.328 e. The molecule has 0 aliphatic carbocycles. The molecule has 0 saturated carbocycles. The van der Waals surface area contributed by atoms with Crippen LogP contribution < -0.4 is 5.32 Å². The summed E-state index contributed by atoms with van der Waals surface area (Å²) >= 11 is 0. The first kappa shape index (κ1) is 29.1. The fourth-order valence-electron chi connectivity index (χ4n) is 6.56. The third-order valence-corrected chi connectivity index (χ3v) is 8.79. The van der Waals surface area contributed by atoms with Crippen molar-refractivity contribution in [2.24, 2.45) is 5.92 Å². The van der Waals surface area contributed by atoms with Gasteiger partial charge in [0.25, 0.3) is 0 Å². The lowest BCUT2D eigenvalue weighted by Gasteiger charge is -2.32. The number of likely N-dealkylation sites (tertiary alicyclic amines) is 1. The number of para-hydroxylation sites is 1. The number of carbonyl (C=O) groups excluding carboxylic acids is 1. The molecule has 1 aromatic carbocycles. The monoisotopic (exact) mass is 577 g/mol. The van der Waals surface area contributed by atoms with Crippen LogP contribution in [0.25, 0.3) is 10.9 Å². The average Bonchev–Trinajstić information content (AvgIpc) is 3.58. The zero-order valence-electron chi connectivity index (χ0n) is 25.2. The molecule has 0 amide bonds. The van der Waals surface area contributed by atoms with Crippen molar-refractivity contribution in [1.82, 2.24) is 19.7 Å². The highest BCUT2D eigenvalue weighted by Crippen LogP contribution is 2.37. The van der Waals surface area contributed by atoms with Gasteiger partial charge in [0.1, 0.15) is 23.6 Å². The molecule has 3 unspecified atom stereocenters. The van der Waals surface area contributed by atoms with E-state index in [1.165, 1.54) is 5.56 Å². The molecule has 0 radical (unpaired) electrons. The van der Waals surface area contributed by atoms with Gasteiger partial charge in [-0.25, -0.2) is 14.2 Å². The van der Waals surface area contributed by atoms with Gasteiger partial charge in [-0.15, -0.1) is 0 Å². The second-order valence-electron chi connectivity index (χ2n) is 13.1. The van der Waals surface area contributed by atoms with Crippen LogP contribution in [0, 0.1) is 5.92 Å². The summed E-state index contributed by atoms with van der Waals surface area (Å²) in [7, 11) is 0. The topological polar surface area (TPSA) is 81.5 Å². The molecule has 5 heterocycles. The van der Waals surface area contributed by atoms with Crippen molar-refractivity contribution in [3.05, 3.63) is 53.3 Å². The number of unbranched alkanes of at least 4 members (excludes halogenated alkanes) is 1. The predicted molar refractivity (Wildman–Crippen MR) is 161 cm³/mol. The summed E-state index contributed by atoms with van der Waals surface area (Å²) in [4.78, 5) is 20.7. The van der Waals surface area contributed by atoms with E-state index < -0.39 is 17.8 Å². The maximum absolute atomic E-state index is 15.6. The van der Waals surface area contributed by atoms with E-state index in [1.807, 2.05) is 49.8 Å². The highest BCUT2D eigenvalue weighted by Gasteiger charge is 2.40. The van der Waals surface area contributed by atoms with Gasteiger partial charge < -0.3 is 14.8 Å². The number of alkyl halides is 1. The van der Waals surface area contributed by atoms with E-state index in [9.17, 15) is 4.79 Å². The van der Waals surface area contributed by atoms with E-state index in [0.29, 0.717) is 32.7 Å². The molecular weight excluding hydrogens is 533 g/mol. The van der Waals surface area contributed by atoms with Crippen LogP contribution in [0.4, 0.5) is 10.2 Å². The lowest BCUT2D eigenvalue weighted by atomic mass is 9.97.